The number of hydrogen-bond acceptors (Lipinski definition) is 4. The fraction of sp³-hybridized carbons (Fsp3) is 0.130. The number of benzene rings is 3. The maximum Gasteiger partial charge on any atom is 0.261 e. The number of carbonyl (C=O) groups excluding carboxylic acids is 2. The van der Waals surface area contributed by atoms with Crippen molar-refractivity contribution in [3.63, 3.8) is 0 Å². The summed E-state index contributed by atoms with van der Waals surface area (Å²) in [6, 6.07) is 19.9. The van der Waals surface area contributed by atoms with Gasteiger partial charge >= 0.3 is 0 Å². The standard InChI is InChI=1S/C23H22FN3O4S/c24-18-10-12-19(13-11-18)32(30,31)27-21-9-5-4-8-20(21)23(29)25-15-14-22(28)26-16-17-6-2-1-3-7-17/h1-13,27H,14-16H2,(H,25,29)(H,26,28). The van der Waals surface area contributed by atoms with Crippen molar-refractivity contribution in [1.29, 1.82) is 0 Å². The molecule has 166 valence electrons. The van der Waals surface area contributed by atoms with Gasteiger partial charge in [0, 0.05) is 19.5 Å². The summed E-state index contributed by atoms with van der Waals surface area (Å²) in [7, 11) is -4.01. The number of sulfonamides is 1. The second-order valence-electron chi connectivity index (χ2n) is 6.87. The molecule has 2 amide bonds. The molecule has 0 aromatic heterocycles. The Kier molecular flexibility index (Phi) is 7.56. The van der Waals surface area contributed by atoms with Crippen LogP contribution in [0, 0.1) is 5.82 Å². The molecule has 0 saturated carbocycles. The Morgan fingerprint density at radius 3 is 2.19 bits per heavy atom. The van der Waals surface area contributed by atoms with E-state index in [-0.39, 0.29) is 35.0 Å². The Morgan fingerprint density at radius 1 is 0.812 bits per heavy atom. The minimum atomic E-state index is -4.01. The Balaban J connectivity index is 1.57. The quantitative estimate of drug-likeness (QED) is 0.461. The molecule has 0 aliphatic heterocycles. The largest absolute Gasteiger partial charge is 0.352 e. The first-order valence-corrected chi connectivity index (χ1v) is 11.3. The number of para-hydroxylation sites is 1. The lowest BCUT2D eigenvalue weighted by Crippen LogP contribution is -2.31. The molecule has 0 fully saturated rings. The van der Waals surface area contributed by atoms with Crippen molar-refractivity contribution >= 4 is 27.5 Å². The molecule has 0 aliphatic carbocycles. The molecular weight excluding hydrogens is 433 g/mol. The SMILES string of the molecule is O=C(CCNC(=O)c1ccccc1NS(=O)(=O)c1ccc(F)cc1)NCc1ccccc1. The highest BCUT2D eigenvalue weighted by Gasteiger charge is 2.18. The van der Waals surface area contributed by atoms with E-state index in [1.165, 1.54) is 12.1 Å². The van der Waals surface area contributed by atoms with Gasteiger partial charge in [-0.15, -0.1) is 0 Å². The predicted molar refractivity (Wildman–Crippen MR) is 119 cm³/mol. The van der Waals surface area contributed by atoms with Gasteiger partial charge in [0.15, 0.2) is 0 Å². The van der Waals surface area contributed by atoms with Gasteiger partial charge in [0.2, 0.25) is 5.91 Å². The molecule has 3 N–H and O–H groups in total. The van der Waals surface area contributed by atoms with Crippen LogP contribution in [0.25, 0.3) is 0 Å². The minimum Gasteiger partial charge on any atom is -0.352 e. The summed E-state index contributed by atoms with van der Waals surface area (Å²) in [6.07, 6.45) is 0.0715. The van der Waals surface area contributed by atoms with Crippen molar-refractivity contribution in [2.24, 2.45) is 0 Å². The Morgan fingerprint density at radius 2 is 1.47 bits per heavy atom. The van der Waals surface area contributed by atoms with Crippen LogP contribution in [0.5, 0.6) is 0 Å². The van der Waals surface area contributed by atoms with Crippen LogP contribution >= 0.6 is 0 Å². The third-order valence-electron chi connectivity index (χ3n) is 4.51. The summed E-state index contributed by atoms with van der Waals surface area (Å²) in [4.78, 5) is 24.4. The van der Waals surface area contributed by atoms with Crippen molar-refractivity contribution in [1.82, 2.24) is 10.6 Å². The molecule has 3 aromatic rings. The lowest BCUT2D eigenvalue weighted by Gasteiger charge is -2.13. The van der Waals surface area contributed by atoms with E-state index in [2.05, 4.69) is 15.4 Å². The summed E-state index contributed by atoms with van der Waals surface area (Å²) < 4.78 is 40.6. The van der Waals surface area contributed by atoms with Gasteiger partial charge in [-0.1, -0.05) is 42.5 Å². The van der Waals surface area contributed by atoms with Gasteiger partial charge in [-0.05, 0) is 42.0 Å². The first kappa shape index (κ1) is 23.0. The molecule has 7 nitrogen and oxygen atoms in total. The van der Waals surface area contributed by atoms with Gasteiger partial charge in [0.05, 0.1) is 16.1 Å². The van der Waals surface area contributed by atoms with Crippen LogP contribution in [0.3, 0.4) is 0 Å². The number of hydrogen-bond donors (Lipinski definition) is 3. The smallest absolute Gasteiger partial charge is 0.261 e. The number of rotatable bonds is 9. The normalized spacial score (nSPS) is 10.9. The number of anilines is 1. The third-order valence-corrected chi connectivity index (χ3v) is 5.89. The lowest BCUT2D eigenvalue weighted by molar-refractivity contribution is -0.121. The average Bonchev–Trinajstić information content (AvgIpc) is 2.79. The van der Waals surface area contributed by atoms with E-state index in [9.17, 15) is 22.4 Å². The summed E-state index contributed by atoms with van der Waals surface area (Å²) in [5.74, 6) is -1.31. The van der Waals surface area contributed by atoms with Crippen molar-refractivity contribution in [2.45, 2.75) is 17.9 Å². The molecule has 0 atom stereocenters. The molecular formula is C23H22FN3O4S. The van der Waals surface area contributed by atoms with Crippen LogP contribution in [0.15, 0.2) is 83.8 Å². The van der Waals surface area contributed by atoms with Gasteiger partial charge in [-0.3, -0.25) is 14.3 Å². The molecule has 0 aliphatic rings. The van der Waals surface area contributed by atoms with Crippen molar-refractivity contribution in [2.75, 3.05) is 11.3 Å². The van der Waals surface area contributed by atoms with Crippen LogP contribution in [0.1, 0.15) is 22.3 Å². The highest BCUT2D eigenvalue weighted by Crippen LogP contribution is 2.20. The van der Waals surface area contributed by atoms with Crippen LogP contribution in [-0.2, 0) is 21.4 Å². The highest BCUT2D eigenvalue weighted by atomic mass is 32.2. The monoisotopic (exact) mass is 455 g/mol. The maximum atomic E-state index is 13.1. The molecule has 3 aromatic carbocycles. The molecule has 32 heavy (non-hydrogen) atoms. The van der Waals surface area contributed by atoms with Gasteiger partial charge in [-0.25, -0.2) is 12.8 Å². The summed E-state index contributed by atoms with van der Waals surface area (Å²) in [5.41, 5.74) is 1.14. The highest BCUT2D eigenvalue weighted by molar-refractivity contribution is 7.92. The molecule has 0 radical (unpaired) electrons. The summed E-state index contributed by atoms with van der Waals surface area (Å²) in [5, 5.41) is 5.39. The molecule has 0 heterocycles. The Labute approximate surface area is 185 Å². The molecule has 0 spiro atoms. The second-order valence-corrected chi connectivity index (χ2v) is 8.56. The Hall–Kier alpha value is -3.72. The van der Waals surface area contributed by atoms with Crippen LogP contribution < -0.4 is 15.4 Å². The van der Waals surface area contributed by atoms with Gasteiger partial charge < -0.3 is 10.6 Å². The fourth-order valence-electron chi connectivity index (χ4n) is 2.86. The average molecular weight is 456 g/mol. The third kappa shape index (κ3) is 6.39. The van der Waals surface area contributed by atoms with Gasteiger partial charge in [0.1, 0.15) is 5.82 Å². The van der Waals surface area contributed by atoms with E-state index in [1.807, 2.05) is 30.3 Å². The van der Waals surface area contributed by atoms with Gasteiger partial charge in [-0.2, -0.15) is 0 Å². The van der Waals surface area contributed by atoms with Crippen LogP contribution in [0.2, 0.25) is 0 Å². The number of halogens is 1. The first-order chi connectivity index (χ1) is 15.3. The Bertz CT molecular complexity index is 1180. The lowest BCUT2D eigenvalue weighted by atomic mass is 10.1. The van der Waals surface area contributed by atoms with Gasteiger partial charge in [0.25, 0.3) is 15.9 Å². The molecule has 0 unspecified atom stereocenters. The second kappa shape index (κ2) is 10.5. The molecule has 0 saturated heterocycles. The van der Waals surface area contributed by atoms with Crippen LogP contribution in [-0.4, -0.2) is 26.8 Å². The fourth-order valence-corrected chi connectivity index (χ4v) is 3.94. The van der Waals surface area contributed by atoms with E-state index >= 15 is 0 Å². The van der Waals surface area contributed by atoms with E-state index < -0.39 is 21.7 Å². The van der Waals surface area contributed by atoms with E-state index in [0.29, 0.717) is 6.54 Å². The molecule has 9 heteroatoms. The molecule has 3 rings (SSSR count). The predicted octanol–water partition coefficient (Wildman–Crippen LogP) is 3.06. The zero-order chi connectivity index (χ0) is 23.0. The summed E-state index contributed by atoms with van der Waals surface area (Å²) in [6.45, 7) is 0.472. The van der Waals surface area contributed by atoms with E-state index in [0.717, 1.165) is 29.8 Å². The van der Waals surface area contributed by atoms with Crippen LogP contribution in [0.4, 0.5) is 10.1 Å². The number of amides is 2. The molecule has 0 bridgehead atoms. The van der Waals surface area contributed by atoms with Crippen molar-refractivity contribution in [3.05, 3.63) is 95.8 Å². The first-order valence-electron chi connectivity index (χ1n) is 9.81. The van der Waals surface area contributed by atoms with E-state index in [1.54, 1.807) is 12.1 Å². The summed E-state index contributed by atoms with van der Waals surface area (Å²) >= 11 is 0. The minimum absolute atomic E-state index is 0.0715. The topological polar surface area (TPSA) is 104 Å². The number of nitrogens with one attached hydrogen (secondary N) is 3. The van der Waals surface area contributed by atoms with E-state index in [4.69, 9.17) is 0 Å². The zero-order valence-electron chi connectivity index (χ0n) is 17.0. The van der Waals surface area contributed by atoms with Crippen molar-refractivity contribution < 1.29 is 22.4 Å². The number of carbonyl (C=O) groups is 2. The zero-order valence-corrected chi connectivity index (χ0v) is 17.9. The van der Waals surface area contributed by atoms with Crippen molar-refractivity contribution in [3.8, 4) is 0 Å². The maximum absolute atomic E-state index is 13.1.